The van der Waals surface area contributed by atoms with Gasteiger partial charge >= 0.3 is 0 Å². The number of nitrogens with one attached hydrogen (secondary N) is 1. The van der Waals surface area contributed by atoms with Crippen LogP contribution in [0.2, 0.25) is 0 Å². The van der Waals surface area contributed by atoms with Crippen molar-refractivity contribution in [2.45, 2.75) is 13.3 Å². The van der Waals surface area contributed by atoms with Crippen molar-refractivity contribution in [3.63, 3.8) is 0 Å². The molecule has 0 spiro atoms. The molecule has 106 valence electrons. The summed E-state index contributed by atoms with van der Waals surface area (Å²) >= 11 is 0. The molecule has 2 aromatic rings. The van der Waals surface area contributed by atoms with Crippen LogP contribution in [0, 0.1) is 6.92 Å². The zero-order valence-corrected chi connectivity index (χ0v) is 11.3. The molecule has 1 aromatic carbocycles. The number of anilines is 1. The molecular weight excluding hydrogens is 260 g/mol. The van der Waals surface area contributed by atoms with Gasteiger partial charge in [0.1, 0.15) is 5.75 Å². The van der Waals surface area contributed by atoms with Gasteiger partial charge in [0.15, 0.2) is 5.82 Å². The highest BCUT2D eigenvalue weighted by atomic mass is 16.5. The van der Waals surface area contributed by atoms with Crippen LogP contribution in [-0.4, -0.2) is 29.7 Å². The van der Waals surface area contributed by atoms with E-state index in [1.165, 1.54) is 7.11 Å². The number of carbonyl (C=O) groups is 1. The summed E-state index contributed by atoms with van der Waals surface area (Å²) in [5.41, 5.74) is 6.67. The molecule has 0 aliphatic heterocycles. The summed E-state index contributed by atoms with van der Waals surface area (Å²) in [7, 11) is 1.51. The quantitative estimate of drug-likeness (QED) is 0.788. The fourth-order valence-electron chi connectivity index (χ4n) is 1.69. The van der Waals surface area contributed by atoms with Crippen LogP contribution in [0.4, 0.5) is 5.69 Å². The Morgan fingerprint density at radius 3 is 2.95 bits per heavy atom. The minimum atomic E-state index is -0.205. The standard InChI is InChI=1S/C13H16N4O3/c1-8-16-12(17-20-8)5-6-15-13(18)9-3-4-10(14)11(7-9)19-2/h3-4,7H,5-6,14H2,1-2H3,(H,15,18). The van der Waals surface area contributed by atoms with E-state index in [1.54, 1.807) is 25.1 Å². The first-order chi connectivity index (χ1) is 9.60. The Bertz CT molecular complexity index is 609. The van der Waals surface area contributed by atoms with Crippen molar-refractivity contribution >= 4 is 11.6 Å². The first-order valence-electron chi connectivity index (χ1n) is 6.11. The predicted octanol–water partition coefficient (Wildman–Crippen LogP) is 0.941. The highest BCUT2D eigenvalue weighted by Gasteiger charge is 2.09. The third-order valence-electron chi connectivity index (χ3n) is 2.70. The number of ether oxygens (including phenoxy) is 1. The Hall–Kier alpha value is -2.57. The maximum atomic E-state index is 11.9. The molecular formula is C13H16N4O3. The zero-order valence-electron chi connectivity index (χ0n) is 11.3. The number of nitrogens with two attached hydrogens (primary N) is 1. The fraction of sp³-hybridized carbons (Fsp3) is 0.308. The summed E-state index contributed by atoms with van der Waals surface area (Å²) < 4.78 is 9.92. The number of aromatic nitrogens is 2. The molecule has 0 radical (unpaired) electrons. The van der Waals surface area contributed by atoms with E-state index in [0.717, 1.165) is 0 Å². The van der Waals surface area contributed by atoms with Crippen LogP contribution in [0.5, 0.6) is 5.75 Å². The number of amides is 1. The molecule has 1 aromatic heterocycles. The van der Waals surface area contributed by atoms with Crippen LogP contribution in [0.1, 0.15) is 22.1 Å². The van der Waals surface area contributed by atoms with E-state index in [2.05, 4.69) is 15.5 Å². The van der Waals surface area contributed by atoms with Crippen LogP contribution in [-0.2, 0) is 6.42 Å². The van der Waals surface area contributed by atoms with Gasteiger partial charge in [-0.25, -0.2) is 0 Å². The average molecular weight is 276 g/mol. The molecule has 3 N–H and O–H groups in total. The molecule has 0 atom stereocenters. The molecule has 0 fully saturated rings. The zero-order chi connectivity index (χ0) is 14.5. The second-order valence-electron chi connectivity index (χ2n) is 4.19. The molecule has 0 saturated carbocycles. The molecule has 0 aliphatic rings. The van der Waals surface area contributed by atoms with Crippen LogP contribution in [0.3, 0.4) is 0 Å². The van der Waals surface area contributed by atoms with E-state index in [0.29, 0.717) is 41.7 Å². The lowest BCUT2D eigenvalue weighted by molar-refractivity contribution is 0.0953. The van der Waals surface area contributed by atoms with Crippen LogP contribution in [0.15, 0.2) is 22.7 Å². The Balaban J connectivity index is 1.91. The molecule has 7 nitrogen and oxygen atoms in total. The van der Waals surface area contributed by atoms with Gasteiger partial charge in [0.25, 0.3) is 5.91 Å². The molecule has 0 aliphatic carbocycles. The summed E-state index contributed by atoms with van der Waals surface area (Å²) in [4.78, 5) is 16.0. The number of nitrogen functional groups attached to an aromatic ring is 1. The van der Waals surface area contributed by atoms with Crippen molar-refractivity contribution in [2.24, 2.45) is 0 Å². The molecule has 1 heterocycles. The van der Waals surface area contributed by atoms with E-state index in [-0.39, 0.29) is 5.91 Å². The molecule has 0 saturated heterocycles. The van der Waals surface area contributed by atoms with Crippen molar-refractivity contribution in [3.8, 4) is 5.75 Å². The van der Waals surface area contributed by atoms with E-state index in [9.17, 15) is 4.79 Å². The number of carbonyl (C=O) groups excluding carboxylic acids is 1. The number of benzene rings is 1. The molecule has 20 heavy (non-hydrogen) atoms. The lowest BCUT2D eigenvalue weighted by atomic mass is 10.1. The normalized spacial score (nSPS) is 10.3. The molecule has 7 heteroatoms. The van der Waals surface area contributed by atoms with Crippen LogP contribution in [0.25, 0.3) is 0 Å². The van der Waals surface area contributed by atoms with Gasteiger partial charge in [-0.1, -0.05) is 5.16 Å². The lowest BCUT2D eigenvalue weighted by Gasteiger charge is -2.07. The molecule has 2 rings (SSSR count). The van der Waals surface area contributed by atoms with Gasteiger partial charge in [0.05, 0.1) is 12.8 Å². The maximum absolute atomic E-state index is 11.9. The van der Waals surface area contributed by atoms with Crippen molar-refractivity contribution < 1.29 is 14.1 Å². The van der Waals surface area contributed by atoms with Crippen molar-refractivity contribution in [3.05, 3.63) is 35.5 Å². The maximum Gasteiger partial charge on any atom is 0.251 e. The number of hydrogen-bond acceptors (Lipinski definition) is 6. The minimum absolute atomic E-state index is 0.205. The topological polar surface area (TPSA) is 103 Å². The Labute approximate surface area is 116 Å². The second-order valence-corrected chi connectivity index (χ2v) is 4.19. The lowest BCUT2D eigenvalue weighted by Crippen LogP contribution is -2.26. The smallest absolute Gasteiger partial charge is 0.251 e. The minimum Gasteiger partial charge on any atom is -0.495 e. The highest BCUT2D eigenvalue weighted by Crippen LogP contribution is 2.21. The van der Waals surface area contributed by atoms with E-state index in [1.807, 2.05) is 0 Å². The third kappa shape index (κ3) is 3.25. The molecule has 0 bridgehead atoms. The summed E-state index contributed by atoms with van der Waals surface area (Å²) in [5, 5.41) is 6.52. The van der Waals surface area contributed by atoms with Crippen LogP contribution >= 0.6 is 0 Å². The average Bonchev–Trinajstić information content (AvgIpc) is 2.85. The first kappa shape index (κ1) is 13.9. The first-order valence-corrected chi connectivity index (χ1v) is 6.11. The Kier molecular flexibility index (Phi) is 4.19. The van der Waals surface area contributed by atoms with Crippen molar-refractivity contribution in [2.75, 3.05) is 19.4 Å². The summed E-state index contributed by atoms with van der Waals surface area (Å²) in [6, 6.07) is 4.88. The van der Waals surface area contributed by atoms with Crippen molar-refractivity contribution in [1.82, 2.24) is 15.5 Å². The van der Waals surface area contributed by atoms with Gasteiger partial charge in [0.2, 0.25) is 5.89 Å². The highest BCUT2D eigenvalue weighted by molar-refractivity contribution is 5.95. The number of hydrogen-bond donors (Lipinski definition) is 2. The van der Waals surface area contributed by atoms with E-state index < -0.39 is 0 Å². The second kappa shape index (κ2) is 6.05. The van der Waals surface area contributed by atoms with Gasteiger partial charge in [-0.15, -0.1) is 0 Å². The summed E-state index contributed by atoms with van der Waals surface area (Å²) in [6.45, 7) is 2.14. The van der Waals surface area contributed by atoms with E-state index >= 15 is 0 Å². The predicted molar refractivity (Wildman–Crippen MR) is 72.5 cm³/mol. The fourth-order valence-corrected chi connectivity index (χ4v) is 1.69. The van der Waals surface area contributed by atoms with E-state index in [4.69, 9.17) is 15.0 Å². The number of aryl methyl sites for hydroxylation is 1. The van der Waals surface area contributed by atoms with Gasteiger partial charge < -0.3 is 20.3 Å². The monoisotopic (exact) mass is 276 g/mol. The van der Waals surface area contributed by atoms with Crippen LogP contribution < -0.4 is 15.8 Å². The molecule has 0 unspecified atom stereocenters. The summed E-state index contributed by atoms with van der Waals surface area (Å²) in [5.74, 6) is 1.35. The third-order valence-corrected chi connectivity index (χ3v) is 2.70. The SMILES string of the molecule is COc1cc(C(=O)NCCc2noc(C)n2)ccc1N. The number of methoxy groups -OCH3 is 1. The number of nitrogens with zero attached hydrogens (tertiary/aromatic N) is 2. The van der Waals surface area contributed by atoms with Gasteiger partial charge in [-0.05, 0) is 18.2 Å². The van der Waals surface area contributed by atoms with Gasteiger partial charge in [-0.3, -0.25) is 4.79 Å². The number of rotatable bonds is 5. The van der Waals surface area contributed by atoms with Crippen molar-refractivity contribution in [1.29, 1.82) is 0 Å². The largest absolute Gasteiger partial charge is 0.495 e. The Morgan fingerprint density at radius 2 is 2.30 bits per heavy atom. The van der Waals surface area contributed by atoms with Gasteiger partial charge in [-0.2, -0.15) is 4.98 Å². The Morgan fingerprint density at radius 1 is 1.50 bits per heavy atom. The summed E-state index contributed by atoms with van der Waals surface area (Å²) in [6.07, 6.45) is 0.509. The molecule has 1 amide bonds. The van der Waals surface area contributed by atoms with Gasteiger partial charge in [0, 0.05) is 25.5 Å².